The van der Waals surface area contributed by atoms with Crippen molar-refractivity contribution in [3.8, 4) is 11.5 Å². The maximum absolute atomic E-state index is 13.5. The van der Waals surface area contributed by atoms with E-state index in [1.54, 1.807) is 0 Å². The van der Waals surface area contributed by atoms with E-state index >= 15 is 0 Å². The van der Waals surface area contributed by atoms with Crippen molar-refractivity contribution in [3.63, 3.8) is 0 Å². The van der Waals surface area contributed by atoms with Crippen LogP contribution < -0.4 is 30.6 Å². The van der Waals surface area contributed by atoms with Crippen LogP contribution in [0.15, 0.2) is 72.8 Å². The van der Waals surface area contributed by atoms with Gasteiger partial charge in [0.15, 0.2) is 0 Å². The first-order chi connectivity index (χ1) is 26.5. The molecule has 7 N–H and O–H groups in total. The molecule has 2 heterocycles. The molecule has 0 spiro atoms. The summed E-state index contributed by atoms with van der Waals surface area (Å²) in [6.45, 7) is 1.50. The van der Waals surface area contributed by atoms with Crippen molar-refractivity contribution in [3.05, 3.63) is 125 Å². The molecule has 304 valence electrons. The van der Waals surface area contributed by atoms with Crippen LogP contribution >= 0.6 is 45.2 Å². The van der Waals surface area contributed by atoms with Gasteiger partial charge in [-0.25, -0.2) is 30.7 Å². The van der Waals surface area contributed by atoms with Crippen LogP contribution in [0.2, 0.25) is 0 Å². The van der Waals surface area contributed by atoms with E-state index in [0.717, 1.165) is 66.7 Å². The standard InChI is InChI=1S/C20H23F2IN2O4S.C19H21F2IN2O2/c1-30(27,28)25-18(8-12-6-13(21)9-14(22)7-12)19(26)11-24-17-4-5-29-20-3-2-15(23)10-16(17)20;20-12-5-11(6-13(21)8-12)7-16(23)18(25)10-24-17-3-4-26-19-2-1-14(22)9-15(17)19/h2-3,6-7,9-10,17-19,24-26H,4-5,8,11H2,1H3;1-2,5-6,8-9,16-18,24-25H,3-4,7,10,23H2/t17-,18-,19+;16-,17-,18+/m00/s1. The highest BCUT2D eigenvalue weighted by Gasteiger charge is 2.28. The van der Waals surface area contributed by atoms with Gasteiger partial charge in [-0.15, -0.1) is 0 Å². The van der Waals surface area contributed by atoms with Crippen LogP contribution in [0, 0.1) is 30.4 Å². The molecular weight excluding hydrogens is 982 g/mol. The zero-order valence-corrected chi connectivity index (χ0v) is 35.5. The summed E-state index contributed by atoms with van der Waals surface area (Å²) in [7, 11) is -3.65. The molecule has 0 saturated heterocycles. The maximum atomic E-state index is 13.5. The first-order valence-electron chi connectivity index (χ1n) is 17.8. The molecule has 0 amide bonds. The molecule has 0 unspecified atom stereocenters. The van der Waals surface area contributed by atoms with Crippen LogP contribution in [0.4, 0.5) is 17.6 Å². The van der Waals surface area contributed by atoms with Crippen molar-refractivity contribution in [1.82, 2.24) is 15.4 Å². The largest absolute Gasteiger partial charge is 0.493 e. The molecule has 6 rings (SSSR count). The van der Waals surface area contributed by atoms with Crippen LogP contribution in [0.3, 0.4) is 0 Å². The van der Waals surface area contributed by atoms with Gasteiger partial charge in [-0.1, -0.05) is 0 Å². The van der Waals surface area contributed by atoms with Gasteiger partial charge in [0.05, 0.1) is 37.7 Å². The number of fused-ring (bicyclic) bond motifs is 2. The number of nitrogens with one attached hydrogen (secondary N) is 3. The molecule has 6 atom stereocenters. The van der Waals surface area contributed by atoms with Gasteiger partial charge in [0, 0.05) is 74.5 Å². The van der Waals surface area contributed by atoms with Gasteiger partial charge in [-0.2, -0.15) is 0 Å². The Labute approximate surface area is 351 Å². The third kappa shape index (κ3) is 13.5. The molecule has 10 nitrogen and oxygen atoms in total. The Bertz CT molecular complexity index is 2030. The second kappa shape index (κ2) is 20.4. The predicted molar refractivity (Wildman–Crippen MR) is 222 cm³/mol. The van der Waals surface area contributed by atoms with E-state index in [9.17, 15) is 36.2 Å². The highest BCUT2D eigenvalue weighted by atomic mass is 127. The fourth-order valence-corrected chi connectivity index (χ4v) is 8.45. The zero-order chi connectivity index (χ0) is 40.6. The number of aliphatic hydroxyl groups is 2. The number of sulfonamides is 1. The lowest BCUT2D eigenvalue weighted by atomic mass is 9.98. The molecule has 0 saturated carbocycles. The van der Waals surface area contributed by atoms with Gasteiger partial charge in [-0.3, -0.25) is 0 Å². The topological polar surface area (TPSA) is 155 Å². The van der Waals surface area contributed by atoms with Crippen molar-refractivity contribution in [1.29, 1.82) is 0 Å². The van der Waals surface area contributed by atoms with Crippen LogP contribution in [0.5, 0.6) is 11.5 Å². The Kier molecular flexibility index (Phi) is 16.2. The van der Waals surface area contributed by atoms with Crippen molar-refractivity contribution in [2.45, 2.75) is 62.1 Å². The van der Waals surface area contributed by atoms with Crippen LogP contribution in [0.1, 0.15) is 47.2 Å². The minimum atomic E-state index is -3.65. The Balaban J connectivity index is 0.000000216. The monoisotopic (exact) mass is 1030 g/mol. The van der Waals surface area contributed by atoms with Crippen molar-refractivity contribution in [2.75, 3.05) is 32.6 Å². The molecule has 56 heavy (non-hydrogen) atoms. The first-order valence-corrected chi connectivity index (χ1v) is 21.9. The third-order valence-corrected chi connectivity index (χ3v) is 11.3. The highest BCUT2D eigenvalue weighted by molar-refractivity contribution is 14.1. The van der Waals surface area contributed by atoms with Crippen molar-refractivity contribution in [2.24, 2.45) is 5.73 Å². The summed E-state index contributed by atoms with van der Waals surface area (Å²) >= 11 is 4.46. The summed E-state index contributed by atoms with van der Waals surface area (Å²) in [5.41, 5.74) is 8.74. The molecule has 0 radical (unpaired) electrons. The van der Waals surface area contributed by atoms with Gasteiger partial charge in [0.25, 0.3) is 0 Å². The van der Waals surface area contributed by atoms with Crippen molar-refractivity contribution >= 4 is 55.2 Å². The molecular formula is C39H44F4I2N4O6S. The van der Waals surface area contributed by atoms with E-state index in [4.69, 9.17) is 15.2 Å². The second-order valence-electron chi connectivity index (χ2n) is 13.8. The summed E-state index contributed by atoms with van der Waals surface area (Å²) in [6, 6.07) is 16.5. The number of nitrogens with two attached hydrogens (primary N) is 1. The molecule has 0 bridgehead atoms. The number of halogens is 6. The van der Waals surface area contributed by atoms with E-state index in [-0.39, 0.29) is 43.6 Å². The van der Waals surface area contributed by atoms with E-state index < -0.39 is 57.6 Å². The van der Waals surface area contributed by atoms with Gasteiger partial charge >= 0.3 is 0 Å². The number of benzene rings is 4. The number of ether oxygens (including phenoxy) is 2. The lowest BCUT2D eigenvalue weighted by Gasteiger charge is -2.30. The SMILES string of the molecule is CS(=O)(=O)N[C@@H](Cc1cc(F)cc(F)c1)[C@H](O)CN[C@H]1CCOc2ccc(I)cc21.N[C@@H](Cc1cc(F)cc(F)c1)[C@H](O)CN[C@H]1CCOc2ccc(I)cc21. The average molecular weight is 1030 g/mol. The number of rotatable bonds is 14. The molecule has 2 aliphatic heterocycles. The minimum absolute atomic E-state index is 0.0626. The molecule has 17 heteroatoms. The molecule has 4 aromatic carbocycles. The summed E-state index contributed by atoms with van der Waals surface area (Å²) in [5.74, 6) is -1.19. The number of hydrogen-bond donors (Lipinski definition) is 6. The summed E-state index contributed by atoms with van der Waals surface area (Å²) < 4.78 is 93.0. The molecule has 0 aromatic heterocycles. The Hall–Kier alpha value is -2.63. The van der Waals surface area contributed by atoms with E-state index in [1.165, 1.54) is 12.1 Å². The maximum Gasteiger partial charge on any atom is 0.209 e. The summed E-state index contributed by atoms with van der Waals surface area (Å²) in [5, 5.41) is 27.6. The Morgan fingerprint density at radius 3 is 1.59 bits per heavy atom. The molecule has 0 fully saturated rings. The smallest absolute Gasteiger partial charge is 0.209 e. The zero-order valence-electron chi connectivity index (χ0n) is 30.3. The first kappa shape index (κ1) is 44.5. The third-order valence-electron chi connectivity index (χ3n) is 9.27. The predicted octanol–water partition coefficient (Wildman–Crippen LogP) is 5.42. The van der Waals surface area contributed by atoms with Crippen LogP contribution in [0.25, 0.3) is 0 Å². The van der Waals surface area contributed by atoms with Gasteiger partial charge < -0.3 is 36.1 Å². The van der Waals surface area contributed by atoms with Crippen LogP contribution in [-0.2, 0) is 22.9 Å². The summed E-state index contributed by atoms with van der Waals surface area (Å²) in [4.78, 5) is 0. The second-order valence-corrected chi connectivity index (χ2v) is 18.1. The lowest BCUT2D eigenvalue weighted by Crippen LogP contribution is -2.49. The van der Waals surface area contributed by atoms with Gasteiger partial charge in [0.2, 0.25) is 10.0 Å². The normalized spacial score (nSPS) is 18.5. The molecule has 4 aromatic rings. The fourth-order valence-electron chi connectivity index (χ4n) is 6.63. The van der Waals surface area contributed by atoms with Gasteiger partial charge in [0.1, 0.15) is 34.8 Å². The van der Waals surface area contributed by atoms with Gasteiger partial charge in [-0.05, 0) is 130 Å². The summed E-state index contributed by atoms with van der Waals surface area (Å²) in [6.07, 6.45) is 0.634. The number of hydrogen-bond acceptors (Lipinski definition) is 9. The molecule has 2 aliphatic rings. The average Bonchev–Trinajstić information content (AvgIpc) is 3.11. The van der Waals surface area contributed by atoms with Crippen LogP contribution in [-0.4, -0.2) is 75.5 Å². The number of aliphatic hydroxyl groups excluding tert-OH is 2. The van der Waals surface area contributed by atoms with E-state index in [1.807, 2.05) is 30.3 Å². The van der Waals surface area contributed by atoms with E-state index in [2.05, 4.69) is 66.6 Å². The Morgan fingerprint density at radius 1 is 0.714 bits per heavy atom. The Morgan fingerprint density at radius 2 is 1.14 bits per heavy atom. The fraction of sp³-hybridized carbons (Fsp3) is 0.385. The highest BCUT2D eigenvalue weighted by Crippen LogP contribution is 2.34. The minimum Gasteiger partial charge on any atom is -0.493 e. The quantitative estimate of drug-likeness (QED) is 0.0719. The lowest BCUT2D eigenvalue weighted by molar-refractivity contribution is 0.127. The van der Waals surface area contributed by atoms with E-state index in [0.29, 0.717) is 25.2 Å². The molecule has 0 aliphatic carbocycles. The van der Waals surface area contributed by atoms with Crippen molar-refractivity contribution < 1.29 is 45.7 Å².